The molecule has 1 atom stereocenters. The molecule has 0 aliphatic carbocycles. The molecule has 0 fully saturated rings. The monoisotopic (exact) mass is 292 g/mol. The lowest BCUT2D eigenvalue weighted by Gasteiger charge is -2.14. The lowest BCUT2D eigenvalue weighted by molar-refractivity contribution is -0.128. The van der Waals surface area contributed by atoms with Crippen LogP contribution in [0.2, 0.25) is 5.02 Å². The number of carbonyl (C=O) groups is 1. The second-order valence-corrected chi connectivity index (χ2v) is 4.83. The van der Waals surface area contributed by atoms with Crippen LogP contribution in [0.4, 0.5) is 4.39 Å². The molecule has 2 nitrogen and oxygen atoms in total. The summed E-state index contributed by atoms with van der Waals surface area (Å²) in [6.07, 6.45) is -0.545. The Kier molecular flexibility index (Phi) is 4.88. The highest BCUT2D eigenvalue weighted by atomic mass is 35.5. The van der Waals surface area contributed by atoms with Gasteiger partial charge in [-0.15, -0.1) is 0 Å². The van der Waals surface area contributed by atoms with Crippen molar-refractivity contribution in [2.24, 2.45) is 0 Å². The fraction of sp³-hybridized carbons (Fsp3) is 0.188. The Morgan fingerprint density at radius 2 is 1.95 bits per heavy atom. The van der Waals surface area contributed by atoms with E-state index in [-0.39, 0.29) is 17.2 Å². The normalized spacial score (nSPS) is 12.2. The maximum Gasteiger partial charge on any atom is 0.170 e. The second kappa shape index (κ2) is 6.64. The largest absolute Gasteiger partial charge is 0.369 e. The molecular weight excluding hydrogens is 279 g/mol. The number of hydrogen-bond donors (Lipinski definition) is 0. The van der Waals surface area contributed by atoms with Crippen LogP contribution >= 0.6 is 11.6 Å². The van der Waals surface area contributed by atoms with Crippen molar-refractivity contribution in [1.29, 1.82) is 0 Å². The van der Waals surface area contributed by atoms with E-state index >= 15 is 0 Å². The number of halogens is 2. The zero-order valence-corrected chi connectivity index (χ0v) is 11.7. The highest BCUT2D eigenvalue weighted by molar-refractivity contribution is 6.30. The van der Waals surface area contributed by atoms with Crippen LogP contribution in [0.3, 0.4) is 0 Å². The number of carbonyl (C=O) groups excluding carboxylic acids is 1. The first-order valence-corrected chi connectivity index (χ1v) is 6.54. The molecule has 0 N–H and O–H groups in total. The summed E-state index contributed by atoms with van der Waals surface area (Å²) in [6, 6.07) is 13.6. The molecule has 0 aliphatic heterocycles. The Bertz CT molecular complexity index is 599. The van der Waals surface area contributed by atoms with Crippen molar-refractivity contribution < 1.29 is 13.9 Å². The van der Waals surface area contributed by atoms with Gasteiger partial charge in [-0.3, -0.25) is 4.79 Å². The van der Waals surface area contributed by atoms with Gasteiger partial charge in [0, 0.05) is 13.5 Å². The van der Waals surface area contributed by atoms with Crippen LogP contribution in [0.25, 0.3) is 0 Å². The van der Waals surface area contributed by atoms with Crippen molar-refractivity contribution in [1.82, 2.24) is 0 Å². The molecule has 2 aromatic carbocycles. The van der Waals surface area contributed by atoms with E-state index in [1.807, 2.05) is 30.3 Å². The lowest BCUT2D eigenvalue weighted by Crippen LogP contribution is -2.17. The number of rotatable bonds is 5. The van der Waals surface area contributed by atoms with Gasteiger partial charge < -0.3 is 4.74 Å². The zero-order chi connectivity index (χ0) is 14.5. The molecule has 0 heterocycles. The molecule has 0 amide bonds. The van der Waals surface area contributed by atoms with E-state index < -0.39 is 11.9 Å². The number of hydrogen-bond acceptors (Lipinski definition) is 2. The maximum atomic E-state index is 13.4. The molecule has 0 spiro atoms. The first-order chi connectivity index (χ1) is 9.61. The van der Waals surface area contributed by atoms with Gasteiger partial charge in [0.05, 0.1) is 5.02 Å². The third-order valence-corrected chi connectivity index (χ3v) is 3.30. The van der Waals surface area contributed by atoms with Gasteiger partial charge in [0.1, 0.15) is 11.9 Å². The van der Waals surface area contributed by atoms with Gasteiger partial charge in [-0.05, 0) is 23.3 Å². The first kappa shape index (κ1) is 14.7. The van der Waals surface area contributed by atoms with Crippen LogP contribution in [-0.2, 0) is 16.0 Å². The minimum absolute atomic E-state index is 0.0487. The number of ketones is 1. The molecule has 2 rings (SSSR count). The quantitative estimate of drug-likeness (QED) is 0.833. The van der Waals surface area contributed by atoms with Crippen molar-refractivity contribution in [3.63, 3.8) is 0 Å². The molecule has 0 saturated heterocycles. The summed E-state index contributed by atoms with van der Waals surface area (Å²) < 4.78 is 18.6. The average Bonchev–Trinajstić information content (AvgIpc) is 2.45. The minimum atomic E-state index is -0.644. The van der Waals surface area contributed by atoms with Crippen molar-refractivity contribution >= 4 is 17.4 Å². The van der Waals surface area contributed by atoms with Crippen LogP contribution in [0, 0.1) is 5.82 Å². The van der Waals surface area contributed by atoms with E-state index in [2.05, 4.69) is 0 Å². The predicted molar refractivity (Wildman–Crippen MR) is 76.3 cm³/mol. The van der Waals surface area contributed by atoms with Crippen molar-refractivity contribution in [3.8, 4) is 0 Å². The second-order valence-electron chi connectivity index (χ2n) is 4.42. The van der Waals surface area contributed by atoms with E-state index in [0.717, 1.165) is 5.56 Å². The molecule has 0 aromatic heterocycles. The lowest BCUT2D eigenvalue weighted by atomic mass is 10.00. The maximum absolute atomic E-state index is 13.4. The number of methoxy groups -OCH3 is 1. The van der Waals surface area contributed by atoms with Gasteiger partial charge in [-0.2, -0.15) is 0 Å². The highest BCUT2D eigenvalue weighted by Gasteiger charge is 2.20. The standard InChI is InChI=1S/C16H14ClFO2/c1-20-16(12-5-3-2-4-6-12)15(19)10-11-7-8-13(17)14(18)9-11/h2-9,16H,10H2,1H3. The van der Waals surface area contributed by atoms with E-state index in [1.165, 1.54) is 19.2 Å². The summed E-state index contributed by atoms with van der Waals surface area (Å²) in [7, 11) is 1.48. The molecule has 20 heavy (non-hydrogen) atoms. The fourth-order valence-corrected chi connectivity index (χ4v) is 2.14. The molecule has 4 heteroatoms. The van der Waals surface area contributed by atoms with E-state index in [4.69, 9.17) is 16.3 Å². The number of ether oxygens (including phenoxy) is 1. The Balaban J connectivity index is 2.15. The Labute approximate surface area is 122 Å². The van der Waals surface area contributed by atoms with Crippen LogP contribution in [0.5, 0.6) is 0 Å². The fourth-order valence-electron chi connectivity index (χ4n) is 2.02. The van der Waals surface area contributed by atoms with Gasteiger partial charge in [-0.25, -0.2) is 4.39 Å². The van der Waals surface area contributed by atoms with Crippen molar-refractivity contribution in [3.05, 3.63) is 70.5 Å². The summed E-state index contributed by atoms with van der Waals surface area (Å²) in [5.74, 6) is -0.647. The molecule has 0 aliphatic rings. The molecule has 104 valence electrons. The Hall–Kier alpha value is -1.71. The van der Waals surface area contributed by atoms with E-state index in [0.29, 0.717) is 5.56 Å². The molecule has 0 saturated carbocycles. The molecule has 1 unspecified atom stereocenters. The van der Waals surface area contributed by atoms with Gasteiger partial charge in [0.25, 0.3) is 0 Å². The van der Waals surface area contributed by atoms with Crippen LogP contribution in [-0.4, -0.2) is 12.9 Å². The Morgan fingerprint density at radius 3 is 2.55 bits per heavy atom. The highest BCUT2D eigenvalue weighted by Crippen LogP contribution is 2.21. The van der Waals surface area contributed by atoms with Crippen LogP contribution in [0.1, 0.15) is 17.2 Å². The topological polar surface area (TPSA) is 26.3 Å². The molecule has 0 bridgehead atoms. The van der Waals surface area contributed by atoms with Gasteiger partial charge in [-0.1, -0.05) is 48.0 Å². The van der Waals surface area contributed by atoms with Gasteiger partial charge in [0.2, 0.25) is 0 Å². The van der Waals surface area contributed by atoms with E-state index in [1.54, 1.807) is 6.07 Å². The SMILES string of the molecule is COC(C(=O)Cc1ccc(Cl)c(F)c1)c1ccccc1. The third kappa shape index (κ3) is 3.44. The molecule has 2 aromatic rings. The average molecular weight is 293 g/mol. The summed E-state index contributed by atoms with van der Waals surface area (Å²) in [4.78, 5) is 12.3. The molecular formula is C16H14ClFO2. The first-order valence-electron chi connectivity index (χ1n) is 6.16. The Morgan fingerprint density at radius 1 is 1.25 bits per heavy atom. The summed E-state index contributed by atoms with van der Waals surface area (Å²) in [5.41, 5.74) is 1.37. The smallest absolute Gasteiger partial charge is 0.170 e. The van der Waals surface area contributed by atoms with Crippen molar-refractivity contribution in [2.75, 3.05) is 7.11 Å². The van der Waals surface area contributed by atoms with Gasteiger partial charge in [0.15, 0.2) is 5.78 Å². The van der Waals surface area contributed by atoms with Gasteiger partial charge >= 0.3 is 0 Å². The molecule has 0 radical (unpaired) electrons. The van der Waals surface area contributed by atoms with Crippen LogP contribution < -0.4 is 0 Å². The van der Waals surface area contributed by atoms with Crippen LogP contribution in [0.15, 0.2) is 48.5 Å². The summed E-state index contributed by atoms with van der Waals surface area (Å²) >= 11 is 5.62. The minimum Gasteiger partial charge on any atom is -0.369 e. The zero-order valence-electron chi connectivity index (χ0n) is 11.0. The number of Topliss-reactive ketones (excluding diaryl/α,β-unsaturated/α-hetero) is 1. The van der Waals surface area contributed by atoms with Crippen molar-refractivity contribution in [2.45, 2.75) is 12.5 Å². The summed E-state index contributed by atoms with van der Waals surface area (Å²) in [5, 5.41) is 0.0487. The number of benzene rings is 2. The third-order valence-electron chi connectivity index (χ3n) is 2.99. The predicted octanol–water partition coefficient (Wildman–Crippen LogP) is 3.98. The summed E-state index contributed by atoms with van der Waals surface area (Å²) in [6.45, 7) is 0. The van der Waals surface area contributed by atoms with E-state index in [9.17, 15) is 9.18 Å².